The fraction of sp³-hybridized carbons (Fsp3) is 0.333. The molecule has 1 aliphatic rings. The first kappa shape index (κ1) is 27.6. The molecule has 1 heterocycles. The molecule has 1 amide bonds. The average Bonchev–Trinajstić information content (AvgIpc) is 3.36. The SMILES string of the molecule is Cc1cc(NC(=O)C(Nc2cccc(CN)c2)c2ccccc2Cl)ccc1N1CCCC1=NCCN(C)C. The second-order valence-electron chi connectivity index (χ2n) is 9.85. The van der Waals surface area contributed by atoms with E-state index in [0.717, 1.165) is 66.5 Å². The minimum Gasteiger partial charge on any atom is -0.370 e. The summed E-state index contributed by atoms with van der Waals surface area (Å²) >= 11 is 6.52. The molecule has 3 aromatic carbocycles. The van der Waals surface area contributed by atoms with Gasteiger partial charge in [-0.15, -0.1) is 0 Å². The molecule has 1 saturated heterocycles. The second kappa shape index (κ2) is 12.9. The lowest BCUT2D eigenvalue weighted by atomic mass is 10.0. The van der Waals surface area contributed by atoms with Gasteiger partial charge in [0.25, 0.3) is 5.91 Å². The van der Waals surface area contributed by atoms with Crippen molar-refractivity contribution in [2.24, 2.45) is 10.7 Å². The van der Waals surface area contributed by atoms with Crippen LogP contribution in [0, 0.1) is 6.92 Å². The smallest absolute Gasteiger partial charge is 0.251 e. The highest BCUT2D eigenvalue weighted by molar-refractivity contribution is 6.31. The first-order chi connectivity index (χ1) is 18.4. The zero-order chi connectivity index (χ0) is 27.1. The van der Waals surface area contributed by atoms with Gasteiger partial charge in [-0.3, -0.25) is 9.79 Å². The van der Waals surface area contributed by atoms with Gasteiger partial charge in [-0.1, -0.05) is 41.9 Å². The molecule has 38 heavy (non-hydrogen) atoms. The third-order valence-corrected chi connectivity index (χ3v) is 6.99. The molecule has 1 fully saturated rings. The van der Waals surface area contributed by atoms with E-state index in [-0.39, 0.29) is 5.91 Å². The Labute approximate surface area is 230 Å². The van der Waals surface area contributed by atoms with Crippen molar-refractivity contribution in [2.45, 2.75) is 32.4 Å². The highest BCUT2D eigenvalue weighted by Gasteiger charge is 2.25. The van der Waals surface area contributed by atoms with Gasteiger partial charge in [-0.25, -0.2) is 0 Å². The van der Waals surface area contributed by atoms with Crippen LogP contribution < -0.4 is 21.3 Å². The Morgan fingerprint density at radius 1 is 1.11 bits per heavy atom. The maximum Gasteiger partial charge on any atom is 0.251 e. The molecule has 0 aromatic heterocycles. The van der Waals surface area contributed by atoms with E-state index in [4.69, 9.17) is 22.3 Å². The molecule has 0 bridgehead atoms. The van der Waals surface area contributed by atoms with Gasteiger partial charge >= 0.3 is 0 Å². The number of nitrogens with zero attached hydrogens (tertiary/aromatic N) is 3. The number of amides is 1. The molecule has 200 valence electrons. The molecule has 0 saturated carbocycles. The molecule has 4 rings (SSSR count). The number of aryl methyl sites for hydroxylation is 1. The number of anilines is 3. The maximum absolute atomic E-state index is 13.6. The van der Waals surface area contributed by atoms with Crippen LogP contribution in [0.25, 0.3) is 0 Å². The summed E-state index contributed by atoms with van der Waals surface area (Å²) in [7, 11) is 4.12. The van der Waals surface area contributed by atoms with Gasteiger partial charge in [-0.05, 0) is 75.0 Å². The van der Waals surface area contributed by atoms with Crippen LogP contribution in [0.1, 0.15) is 35.6 Å². The number of nitrogens with two attached hydrogens (primary N) is 1. The molecule has 1 atom stereocenters. The Morgan fingerprint density at radius 3 is 2.66 bits per heavy atom. The van der Waals surface area contributed by atoms with Gasteiger partial charge in [0.05, 0.1) is 6.54 Å². The Balaban J connectivity index is 1.54. The first-order valence-corrected chi connectivity index (χ1v) is 13.4. The summed E-state index contributed by atoms with van der Waals surface area (Å²) in [5, 5.41) is 6.97. The lowest BCUT2D eigenvalue weighted by Gasteiger charge is -2.24. The molecule has 4 N–H and O–H groups in total. The van der Waals surface area contributed by atoms with Crippen molar-refractivity contribution < 1.29 is 4.79 Å². The van der Waals surface area contributed by atoms with E-state index in [1.807, 2.05) is 54.6 Å². The Hall–Kier alpha value is -3.39. The molecule has 8 heteroatoms. The molecule has 3 aromatic rings. The van der Waals surface area contributed by atoms with Crippen LogP contribution in [0.3, 0.4) is 0 Å². The summed E-state index contributed by atoms with van der Waals surface area (Å²) in [5.41, 5.74) is 11.2. The number of rotatable bonds is 10. The van der Waals surface area contributed by atoms with Gasteiger partial charge in [0.1, 0.15) is 11.9 Å². The van der Waals surface area contributed by atoms with E-state index < -0.39 is 6.04 Å². The minimum atomic E-state index is -0.689. The number of hydrogen-bond acceptors (Lipinski definition) is 5. The quantitative estimate of drug-likeness (QED) is 0.323. The summed E-state index contributed by atoms with van der Waals surface area (Å²) in [4.78, 5) is 22.9. The Bertz CT molecular complexity index is 1290. The van der Waals surface area contributed by atoms with Crippen LogP contribution in [-0.4, -0.2) is 50.4 Å². The standard InChI is InChI=1S/C30H37ClN6O/c1-21-18-24(13-14-27(21)37-16-7-12-28(37)33-15-17-36(2)3)35-30(38)29(25-10-4-5-11-26(25)31)34-23-9-6-8-22(19-23)20-32/h4-6,8-11,13-14,18-19,29,34H,7,12,15-17,20,32H2,1-3H3,(H,35,38). The fourth-order valence-corrected chi connectivity index (χ4v) is 4.91. The molecule has 7 nitrogen and oxygen atoms in total. The third kappa shape index (κ3) is 6.92. The van der Waals surface area contributed by atoms with Gasteiger partial charge in [0.15, 0.2) is 0 Å². The maximum atomic E-state index is 13.6. The monoisotopic (exact) mass is 532 g/mol. The van der Waals surface area contributed by atoms with E-state index >= 15 is 0 Å². The average molecular weight is 533 g/mol. The lowest BCUT2D eigenvalue weighted by Crippen LogP contribution is -2.28. The number of benzene rings is 3. The normalized spacial score (nSPS) is 15.2. The van der Waals surface area contributed by atoms with Crippen molar-refractivity contribution in [1.82, 2.24) is 4.90 Å². The highest BCUT2D eigenvalue weighted by Crippen LogP contribution is 2.31. The number of halogens is 1. The van der Waals surface area contributed by atoms with E-state index in [1.54, 1.807) is 6.07 Å². The van der Waals surface area contributed by atoms with Crippen molar-refractivity contribution >= 4 is 40.4 Å². The summed E-state index contributed by atoms with van der Waals surface area (Å²) in [6.45, 7) is 5.16. The first-order valence-electron chi connectivity index (χ1n) is 13.0. The number of aliphatic imine (C=N–C) groups is 1. The number of nitrogens with one attached hydrogen (secondary N) is 2. The number of amidine groups is 1. The molecular weight excluding hydrogens is 496 g/mol. The number of likely N-dealkylation sites (N-methyl/N-ethyl adjacent to an activating group) is 1. The van der Waals surface area contributed by atoms with Crippen LogP contribution in [0.15, 0.2) is 71.7 Å². The van der Waals surface area contributed by atoms with Crippen molar-refractivity contribution in [2.75, 3.05) is 49.3 Å². The topological polar surface area (TPSA) is 86.0 Å². The van der Waals surface area contributed by atoms with Crippen LogP contribution in [0.5, 0.6) is 0 Å². The number of carbonyl (C=O) groups is 1. The molecule has 0 spiro atoms. The molecule has 1 aliphatic heterocycles. The summed E-state index contributed by atoms with van der Waals surface area (Å²) < 4.78 is 0. The van der Waals surface area contributed by atoms with Crippen molar-refractivity contribution in [3.05, 3.63) is 88.4 Å². The van der Waals surface area contributed by atoms with Gasteiger partial charge in [0.2, 0.25) is 0 Å². The zero-order valence-electron chi connectivity index (χ0n) is 22.4. The van der Waals surface area contributed by atoms with Gasteiger partial charge in [-0.2, -0.15) is 0 Å². The second-order valence-corrected chi connectivity index (χ2v) is 10.3. The molecular formula is C30H37ClN6O. The van der Waals surface area contributed by atoms with Gasteiger partial charge in [0, 0.05) is 53.7 Å². The van der Waals surface area contributed by atoms with Gasteiger partial charge < -0.3 is 26.2 Å². The van der Waals surface area contributed by atoms with Crippen LogP contribution in [-0.2, 0) is 11.3 Å². The van der Waals surface area contributed by atoms with E-state index in [1.165, 1.54) is 0 Å². The minimum absolute atomic E-state index is 0.199. The predicted molar refractivity (Wildman–Crippen MR) is 159 cm³/mol. The van der Waals surface area contributed by atoms with E-state index in [0.29, 0.717) is 17.1 Å². The molecule has 0 radical (unpaired) electrons. The summed E-state index contributed by atoms with van der Waals surface area (Å²) in [6, 6.07) is 20.5. The van der Waals surface area contributed by atoms with Crippen LogP contribution >= 0.6 is 11.6 Å². The summed E-state index contributed by atoms with van der Waals surface area (Å²) in [6.07, 6.45) is 2.08. The molecule has 0 aliphatic carbocycles. The Kier molecular flexibility index (Phi) is 9.39. The summed E-state index contributed by atoms with van der Waals surface area (Å²) in [5.74, 6) is 0.935. The van der Waals surface area contributed by atoms with Crippen molar-refractivity contribution in [1.29, 1.82) is 0 Å². The molecule has 1 unspecified atom stereocenters. The largest absolute Gasteiger partial charge is 0.370 e. The van der Waals surface area contributed by atoms with Crippen molar-refractivity contribution in [3.63, 3.8) is 0 Å². The number of hydrogen-bond donors (Lipinski definition) is 3. The Morgan fingerprint density at radius 2 is 1.92 bits per heavy atom. The van der Waals surface area contributed by atoms with Crippen LogP contribution in [0.4, 0.5) is 17.1 Å². The van der Waals surface area contributed by atoms with E-state index in [9.17, 15) is 4.79 Å². The van der Waals surface area contributed by atoms with E-state index in [2.05, 4.69) is 47.5 Å². The van der Waals surface area contributed by atoms with Crippen molar-refractivity contribution in [3.8, 4) is 0 Å². The predicted octanol–water partition coefficient (Wildman–Crippen LogP) is 5.46. The fourth-order valence-electron chi connectivity index (χ4n) is 4.66. The lowest BCUT2D eigenvalue weighted by molar-refractivity contribution is -0.117. The highest BCUT2D eigenvalue weighted by atomic mass is 35.5. The van der Waals surface area contributed by atoms with Crippen LogP contribution in [0.2, 0.25) is 5.02 Å². The number of carbonyl (C=O) groups excluding carboxylic acids is 1. The zero-order valence-corrected chi connectivity index (χ0v) is 23.1. The third-order valence-electron chi connectivity index (χ3n) is 6.64.